The summed E-state index contributed by atoms with van der Waals surface area (Å²) in [6, 6.07) is 0. The van der Waals surface area contributed by atoms with Gasteiger partial charge < -0.3 is 25.3 Å². The Labute approximate surface area is 137 Å². The van der Waals surface area contributed by atoms with Crippen molar-refractivity contribution in [1.29, 1.82) is 0 Å². The van der Waals surface area contributed by atoms with Crippen molar-refractivity contribution < 1.29 is 19.7 Å². The molecule has 0 saturated carbocycles. The van der Waals surface area contributed by atoms with Gasteiger partial charge in [0.2, 0.25) is 0 Å². The van der Waals surface area contributed by atoms with Gasteiger partial charge in [-0.2, -0.15) is 0 Å². The quantitative estimate of drug-likeness (QED) is 0.625. The van der Waals surface area contributed by atoms with Gasteiger partial charge >= 0.3 is 6.09 Å². The molecule has 1 amide bonds. The van der Waals surface area contributed by atoms with Crippen molar-refractivity contribution in [2.75, 3.05) is 6.54 Å². The van der Waals surface area contributed by atoms with Gasteiger partial charge in [-0.15, -0.1) is 0 Å². The van der Waals surface area contributed by atoms with Gasteiger partial charge in [-0.1, -0.05) is 11.6 Å². The molecular formula is C14H19ClN4O4. The number of ether oxygens (including phenoxy) is 1. The molecule has 2 unspecified atom stereocenters. The van der Waals surface area contributed by atoms with E-state index < -0.39 is 23.9 Å². The summed E-state index contributed by atoms with van der Waals surface area (Å²) < 4.78 is 5.06. The molecule has 9 heteroatoms. The van der Waals surface area contributed by atoms with Crippen LogP contribution in [0.15, 0.2) is 12.5 Å². The number of carbonyl (C=O) groups is 1. The molecular weight excluding hydrogens is 324 g/mol. The number of aromatic amines is 1. The third-order valence-corrected chi connectivity index (χ3v) is 3.27. The lowest BCUT2D eigenvalue weighted by atomic mass is 10.1. The molecule has 0 aromatic carbocycles. The van der Waals surface area contributed by atoms with Crippen LogP contribution in [0.2, 0.25) is 5.15 Å². The van der Waals surface area contributed by atoms with E-state index in [2.05, 4.69) is 20.3 Å². The molecule has 0 radical (unpaired) electrons. The van der Waals surface area contributed by atoms with Crippen LogP contribution in [-0.4, -0.2) is 49.5 Å². The lowest BCUT2D eigenvalue weighted by Crippen LogP contribution is -2.38. The fourth-order valence-electron chi connectivity index (χ4n) is 1.98. The molecule has 0 aliphatic heterocycles. The van der Waals surface area contributed by atoms with E-state index in [1.807, 2.05) is 0 Å². The van der Waals surface area contributed by atoms with E-state index in [0.29, 0.717) is 16.6 Å². The summed E-state index contributed by atoms with van der Waals surface area (Å²) in [4.78, 5) is 22.3. The van der Waals surface area contributed by atoms with Crippen molar-refractivity contribution in [2.45, 2.75) is 38.6 Å². The first-order chi connectivity index (χ1) is 10.7. The molecule has 2 heterocycles. The molecule has 0 aliphatic carbocycles. The number of aliphatic hydroxyl groups excluding tert-OH is 2. The second-order valence-electron chi connectivity index (χ2n) is 6.03. The minimum absolute atomic E-state index is 0.179. The van der Waals surface area contributed by atoms with Crippen molar-refractivity contribution in [3.63, 3.8) is 0 Å². The predicted molar refractivity (Wildman–Crippen MR) is 84.1 cm³/mol. The van der Waals surface area contributed by atoms with Gasteiger partial charge in [0.25, 0.3) is 0 Å². The van der Waals surface area contributed by atoms with Crippen molar-refractivity contribution in [2.24, 2.45) is 0 Å². The van der Waals surface area contributed by atoms with Gasteiger partial charge in [0, 0.05) is 18.3 Å². The number of hydrogen-bond donors (Lipinski definition) is 4. The van der Waals surface area contributed by atoms with Gasteiger partial charge in [-0.3, -0.25) is 0 Å². The zero-order chi connectivity index (χ0) is 17.2. The summed E-state index contributed by atoms with van der Waals surface area (Å²) in [7, 11) is 0. The minimum Gasteiger partial charge on any atom is -0.444 e. The molecule has 0 spiro atoms. The van der Waals surface area contributed by atoms with E-state index >= 15 is 0 Å². The lowest BCUT2D eigenvalue weighted by molar-refractivity contribution is 0.0135. The average molecular weight is 343 g/mol. The van der Waals surface area contributed by atoms with E-state index in [4.69, 9.17) is 16.3 Å². The number of rotatable bonds is 4. The predicted octanol–water partition coefficient (Wildman–Crippen LogP) is 1.53. The Balaban J connectivity index is 2.03. The number of nitrogens with zero attached hydrogens (tertiary/aromatic N) is 2. The standard InChI is InChI=1S/C14H19ClN4O4/c1-14(2,3)23-13(22)17-5-8(20)11(21)7-4-16-10-9(7)18-6-19-12(10)15/h4,6,8,11,16,20-21H,5H2,1-3H3,(H,17,22). The first-order valence-electron chi connectivity index (χ1n) is 6.99. The van der Waals surface area contributed by atoms with Crippen molar-refractivity contribution in [3.05, 3.63) is 23.2 Å². The Morgan fingerprint density at radius 1 is 1.43 bits per heavy atom. The van der Waals surface area contributed by atoms with Crippen LogP contribution in [0, 0.1) is 0 Å². The number of carbonyl (C=O) groups excluding carboxylic acids is 1. The number of H-pyrrole nitrogens is 1. The van der Waals surface area contributed by atoms with Crippen LogP contribution in [0.1, 0.15) is 32.4 Å². The van der Waals surface area contributed by atoms with Crippen LogP contribution in [0.5, 0.6) is 0 Å². The highest BCUT2D eigenvalue weighted by atomic mass is 35.5. The first kappa shape index (κ1) is 17.5. The summed E-state index contributed by atoms with van der Waals surface area (Å²) in [5, 5.41) is 22.9. The highest BCUT2D eigenvalue weighted by molar-refractivity contribution is 6.33. The van der Waals surface area contributed by atoms with Crippen LogP contribution in [0.3, 0.4) is 0 Å². The molecule has 2 aromatic heterocycles. The van der Waals surface area contributed by atoms with E-state index in [1.54, 1.807) is 20.8 Å². The highest BCUT2D eigenvalue weighted by Gasteiger charge is 2.24. The third kappa shape index (κ3) is 4.31. The normalized spacial score (nSPS) is 14.5. The molecule has 0 aliphatic rings. The second-order valence-corrected chi connectivity index (χ2v) is 6.39. The first-order valence-corrected chi connectivity index (χ1v) is 7.37. The fraction of sp³-hybridized carbons (Fsp3) is 0.500. The molecule has 2 aromatic rings. The maximum Gasteiger partial charge on any atom is 0.407 e. The number of nitrogens with one attached hydrogen (secondary N) is 2. The van der Waals surface area contributed by atoms with Crippen LogP contribution in [-0.2, 0) is 4.74 Å². The maximum atomic E-state index is 11.6. The number of aromatic nitrogens is 3. The van der Waals surface area contributed by atoms with E-state index in [1.165, 1.54) is 12.5 Å². The van der Waals surface area contributed by atoms with E-state index in [-0.39, 0.29) is 11.7 Å². The van der Waals surface area contributed by atoms with Gasteiger partial charge in [0.05, 0.1) is 5.52 Å². The monoisotopic (exact) mass is 342 g/mol. The molecule has 2 rings (SSSR count). The van der Waals surface area contributed by atoms with Gasteiger partial charge in [0.1, 0.15) is 29.7 Å². The molecule has 0 saturated heterocycles. The molecule has 23 heavy (non-hydrogen) atoms. The molecule has 0 fully saturated rings. The molecule has 8 nitrogen and oxygen atoms in total. The lowest BCUT2D eigenvalue weighted by Gasteiger charge is -2.22. The maximum absolute atomic E-state index is 11.6. The number of halogens is 1. The number of fused-ring (bicyclic) bond motifs is 1. The van der Waals surface area contributed by atoms with E-state index in [9.17, 15) is 15.0 Å². The van der Waals surface area contributed by atoms with Crippen LogP contribution in [0.25, 0.3) is 11.0 Å². The smallest absolute Gasteiger partial charge is 0.407 e. The number of amides is 1. The van der Waals surface area contributed by atoms with Crippen molar-refractivity contribution >= 4 is 28.7 Å². The summed E-state index contributed by atoms with van der Waals surface area (Å²) in [6.45, 7) is 5.01. The highest BCUT2D eigenvalue weighted by Crippen LogP contribution is 2.27. The summed E-state index contributed by atoms with van der Waals surface area (Å²) in [5.41, 5.74) is 0.602. The fourth-order valence-corrected chi connectivity index (χ4v) is 2.16. The third-order valence-electron chi connectivity index (χ3n) is 2.98. The van der Waals surface area contributed by atoms with E-state index in [0.717, 1.165) is 0 Å². The van der Waals surface area contributed by atoms with Gasteiger partial charge in [0.15, 0.2) is 5.15 Å². The summed E-state index contributed by atoms with van der Waals surface area (Å²) >= 11 is 5.92. The number of hydrogen-bond acceptors (Lipinski definition) is 6. The molecule has 4 N–H and O–H groups in total. The van der Waals surface area contributed by atoms with Gasteiger partial charge in [-0.05, 0) is 20.8 Å². The number of alkyl carbamates (subject to hydrolysis) is 1. The molecule has 0 bridgehead atoms. The minimum atomic E-state index is -1.26. The van der Waals surface area contributed by atoms with Crippen LogP contribution < -0.4 is 5.32 Å². The van der Waals surface area contributed by atoms with Gasteiger partial charge in [-0.25, -0.2) is 14.8 Å². The second kappa shape index (κ2) is 6.69. The largest absolute Gasteiger partial charge is 0.444 e. The Morgan fingerprint density at radius 2 is 2.13 bits per heavy atom. The van der Waals surface area contributed by atoms with Crippen molar-refractivity contribution in [1.82, 2.24) is 20.3 Å². The molecule has 2 atom stereocenters. The zero-order valence-corrected chi connectivity index (χ0v) is 13.8. The topological polar surface area (TPSA) is 120 Å². The Hall–Kier alpha value is -1.90. The summed E-state index contributed by atoms with van der Waals surface area (Å²) in [5.74, 6) is 0. The zero-order valence-electron chi connectivity index (χ0n) is 13.0. The Kier molecular flexibility index (Phi) is 5.08. The van der Waals surface area contributed by atoms with Crippen molar-refractivity contribution in [3.8, 4) is 0 Å². The SMILES string of the molecule is CC(C)(C)OC(=O)NCC(O)C(O)c1c[nH]c2c(Cl)ncnc12. The average Bonchev–Trinajstić information content (AvgIpc) is 2.87. The number of aliphatic hydroxyl groups is 2. The Bertz CT molecular complexity index is 698. The summed E-state index contributed by atoms with van der Waals surface area (Å²) in [6.07, 6.45) is -0.417. The van der Waals surface area contributed by atoms with Crippen LogP contribution >= 0.6 is 11.6 Å². The van der Waals surface area contributed by atoms with Crippen LogP contribution in [0.4, 0.5) is 4.79 Å². The Morgan fingerprint density at radius 3 is 2.78 bits per heavy atom. The molecule has 126 valence electrons.